The third kappa shape index (κ3) is 4.35. The minimum atomic E-state index is -2.01. The minimum Gasteiger partial charge on any atom is -0.390 e. The number of rotatable bonds is 6. The molecule has 180 valence electrons. The average molecular weight is 447 g/mol. The van der Waals surface area contributed by atoms with Crippen molar-refractivity contribution in [3.63, 3.8) is 0 Å². The van der Waals surface area contributed by atoms with Crippen LogP contribution < -0.4 is 21.7 Å². The Bertz CT molecular complexity index is 643. The number of nitrogens with one attached hydrogen (secondary N) is 3. The molecule has 7 unspecified atom stereocenters. The van der Waals surface area contributed by atoms with Crippen LogP contribution in [0.3, 0.4) is 0 Å². The van der Waals surface area contributed by atoms with E-state index < -0.39 is 66.6 Å². The zero-order chi connectivity index (χ0) is 23.1. The fourth-order valence-corrected chi connectivity index (χ4v) is 4.80. The number of fused-ring (bicyclic) bond motifs is 2. The van der Waals surface area contributed by atoms with Gasteiger partial charge in [-0.05, 0) is 33.4 Å². The summed E-state index contributed by atoms with van der Waals surface area (Å²) in [6, 6.07) is -2.90. The van der Waals surface area contributed by atoms with E-state index in [2.05, 4.69) is 16.0 Å². The normalized spacial score (nSPS) is 47.1. The van der Waals surface area contributed by atoms with Crippen LogP contribution in [0.1, 0.15) is 33.6 Å². The SMILES string of the molecule is CC[C@H](C)C(N)C(=O)NC1C[C@@H](C)OC2OC3C(OC12O)C(NC)[C@@H](O)[C@@H](NC)[C@@H]3O. The van der Waals surface area contributed by atoms with Crippen molar-refractivity contribution in [2.24, 2.45) is 11.7 Å². The minimum absolute atomic E-state index is 0.0357. The first-order valence-corrected chi connectivity index (χ1v) is 11.1. The zero-order valence-electron chi connectivity index (χ0n) is 18.8. The van der Waals surface area contributed by atoms with Crippen LogP contribution in [-0.2, 0) is 19.0 Å². The molecule has 12 atom stereocenters. The Morgan fingerprint density at radius 3 is 2.39 bits per heavy atom. The molecule has 3 rings (SSSR count). The number of aliphatic hydroxyl groups excluding tert-OH is 2. The lowest BCUT2D eigenvalue weighted by Gasteiger charge is -2.58. The molecule has 11 heteroatoms. The van der Waals surface area contributed by atoms with Gasteiger partial charge in [0.05, 0.1) is 36.4 Å². The first-order valence-electron chi connectivity index (χ1n) is 11.1. The van der Waals surface area contributed by atoms with E-state index in [1.165, 1.54) is 0 Å². The van der Waals surface area contributed by atoms with E-state index in [-0.39, 0.29) is 18.4 Å². The predicted molar refractivity (Wildman–Crippen MR) is 111 cm³/mol. The summed E-state index contributed by atoms with van der Waals surface area (Å²) in [7, 11) is 3.29. The van der Waals surface area contributed by atoms with Crippen molar-refractivity contribution in [1.82, 2.24) is 16.0 Å². The molecule has 2 heterocycles. The molecule has 8 N–H and O–H groups in total. The topological polar surface area (TPSA) is 168 Å². The lowest BCUT2D eigenvalue weighted by atomic mass is 9.79. The lowest BCUT2D eigenvalue weighted by molar-refractivity contribution is -0.449. The summed E-state index contributed by atoms with van der Waals surface area (Å²) in [5.41, 5.74) is 6.07. The van der Waals surface area contributed by atoms with Crippen molar-refractivity contribution >= 4 is 5.91 Å². The molecule has 1 aliphatic carbocycles. The van der Waals surface area contributed by atoms with E-state index in [0.717, 1.165) is 6.42 Å². The van der Waals surface area contributed by atoms with Crippen LogP contribution in [-0.4, -0.2) is 102 Å². The van der Waals surface area contributed by atoms with Crippen molar-refractivity contribution in [2.45, 2.75) is 100 Å². The Kier molecular flexibility index (Phi) is 7.61. The lowest BCUT2D eigenvalue weighted by Crippen LogP contribution is -2.79. The quantitative estimate of drug-likeness (QED) is 0.229. The number of aliphatic hydroxyl groups is 3. The Balaban J connectivity index is 1.86. The Labute approximate surface area is 183 Å². The van der Waals surface area contributed by atoms with Crippen LogP contribution in [0.5, 0.6) is 0 Å². The maximum Gasteiger partial charge on any atom is 0.239 e. The maximum atomic E-state index is 12.7. The van der Waals surface area contributed by atoms with Crippen LogP contribution in [0.15, 0.2) is 0 Å². The molecule has 31 heavy (non-hydrogen) atoms. The largest absolute Gasteiger partial charge is 0.390 e. The highest BCUT2D eigenvalue weighted by atomic mass is 16.8. The number of carbonyl (C=O) groups is 1. The van der Waals surface area contributed by atoms with Gasteiger partial charge < -0.3 is 51.2 Å². The van der Waals surface area contributed by atoms with Gasteiger partial charge in [0.25, 0.3) is 0 Å². The van der Waals surface area contributed by atoms with Crippen LogP contribution in [0.25, 0.3) is 0 Å². The van der Waals surface area contributed by atoms with Crippen LogP contribution >= 0.6 is 0 Å². The van der Waals surface area contributed by atoms with E-state index in [1.807, 2.05) is 13.8 Å². The van der Waals surface area contributed by atoms with E-state index in [0.29, 0.717) is 0 Å². The van der Waals surface area contributed by atoms with Crippen molar-refractivity contribution in [2.75, 3.05) is 14.1 Å². The van der Waals surface area contributed by atoms with E-state index in [9.17, 15) is 20.1 Å². The standard InChI is InChI=1S/C20H38N4O7/c1-6-8(2)11(21)18(27)24-10-7-9(3)29-19-20(10,28)31-16-13(23-5)14(25)12(22-4)15(26)17(16)30-19/h8-17,19,22-23,25-26,28H,6-7,21H2,1-5H3,(H,24,27)/t8-,9+,10?,11?,12+,13?,14-,15-,16?,17?,19?,20?/m0/s1. The highest BCUT2D eigenvalue weighted by Crippen LogP contribution is 2.42. The number of carbonyl (C=O) groups excluding carboxylic acids is 1. The van der Waals surface area contributed by atoms with Crippen molar-refractivity contribution in [3.8, 4) is 0 Å². The van der Waals surface area contributed by atoms with Gasteiger partial charge in [-0.15, -0.1) is 0 Å². The monoisotopic (exact) mass is 446 g/mol. The molecule has 2 saturated heterocycles. The predicted octanol–water partition coefficient (Wildman–Crippen LogP) is -2.64. The highest BCUT2D eigenvalue weighted by molar-refractivity contribution is 5.82. The zero-order valence-corrected chi connectivity index (χ0v) is 18.8. The summed E-state index contributed by atoms with van der Waals surface area (Å²) in [6.07, 6.45) is -4.43. The molecule has 3 fully saturated rings. The molecule has 0 bridgehead atoms. The Hall–Kier alpha value is -0.890. The Morgan fingerprint density at radius 1 is 1.16 bits per heavy atom. The molecule has 1 saturated carbocycles. The molecule has 0 aromatic heterocycles. The van der Waals surface area contributed by atoms with Crippen LogP contribution in [0, 0.1) is 5.92 Å². The molecule has 1 amide bonds. The number of ether oxygens (including phenoxy) is 3. The van der Waals surface area contributed by atoms with Gasteiger partial charge in [-0.2, -0.15) is 0 Å². The van der Waals surface area contributed by atoms with Gasteiger partial charge >= 0.3 is 0 Å². The number of likely N-dealkylation sites (N-methyl/N-ethyl adjacent to an activating group) is 2. The molecule has 0 radical (unpaired) electrons. The van der Waals surface area contributed by atoms with Crippen molar-refractivity contribution in [3.05, 3.63) is 0 Å². The van der Waals surface area contributed by atoms with E-state index in [1.54, 1.807) is 21.0 Å². The Morgan fingerprint density at radius 2 is 1.81 bits per heavy atom. The average Bonchev–Trinajstić information content (AvgIpc) is 2.73. The summed E-state index contributed by atoms with van der Waals surface area (Å²) < 4.78 is 17.9. The van der Waals surface area contributed by atoms with Crippen molar-refractivity contribution < 1.29 is 34.3 Å². The van der Waals surface area contributed by atoms with Gasteiger partial charge in [0.2, 0.25) is 18.0 Å². The maximum absolute atomic E-state index is 12.7. The number of hydrogen-bond acceptors (Lipinski definition) is 10. The summed E-state index contributed by atoms with van der Waals surface area (Å²) in [6.45, 7) is 5.64. The van der Waals surface area contributed by atoms with Gasteiger partial charge in [-0.25, -0.2) is 0 Å². The fourth-order valence-electron chi connectivity index (χ4n) is 4.80. The van der Waals surface area contributed by atoms with Crippen LogP contribution in [0.4, 0.5) is 0 Å². The van der Waals surface area contributed by atoms with Gasteiger partial charge in [0, 0.05) is 0 Å². The van der Waals surface area contributed by atoms with Gasteiger partial charge in [-0.3, -0.25) is 4.79 Å². The molecule has 0 spiro atoms. The number of hydrogen-bond donors (Lipinski definition) is 7. The van der Waals surface area contributed by atoms with E-state index >= 15 is 0 Å². The fraction of sp³-hybridized carbons (Fsp3) is 0.950. The first-order chi connectivity index (χ1) is 14.6. The highest BCUT2D eigenvalue weighted by Gasteiger charge is 2.63. The second kappa shape index (κ2) is 9.54. The van der Waals surface area contributed by atoms with Crippen molar-refractivity contribution in [1.29, 1.82) is 0 Å². The summed E-state index contributed by atoms with van der Waals surface area (Å²) >= 11 is 0. The molecule has 2 aliphatic heterocycles. The summed E-state index contributed by atoms with van der Waals surface area (Å²) in [5, 5.41) is 41.7. The number of nitrogens with two attached hydrogens (primary N) is 1. The van der Waals surface area contributed by atoms with Gasteiger partial charge in [0.15, 0.2) is 0 Å². The summed E-state index contributed by atoms with van der Waals surface area (Å²) in [5.74, 6) is -2.44. The third-order valence-corrected chi connectivity index (χ3v) is 7.03. The second-order valence-corrected chi connectivity index (χ2v) is 9.03. The molecular weight excluding hydrogens is 408 g/mol. The molecule has 0 aromatic rings. The summed E-state index contributed by atoms with van der Waals surface area (Å²) in [4.78, 5) is 12.7. The first kappa shape index (κ1) is 24.7. The van der Waals surface area contributed by atoms with Crippen LogP contribution in [0.2, 0.25) is 0 Å². The molecular formula is C20H38N4O7. The smallest absolute Gasteiger partial charge is 0.239 e. The molecule has 3 aliphatic rings. The molecule has 11 nitrogen and oxygen atoms in total. The van der Waals surface area contributed by atoms with E-state index in [4.69, 9.17) is 19.9 Å². The second-order valence-electron chi connectivity index (χ2n) is 9.03. The van der Waals surface area contributed by atoms with Gasteiger partial charge in [-0.1, -0.05) is 20.3 Å². The third-order valence-electron chi connectivity index (χ3n) is 7.03. The van der Waals surface area contributed by atoms with Gasteiger partial charge in [0.1, 0.15) is 18.3 Å². The molecule has 0 aromatic carbocycles. The number of amides is 1.